The fraction of sp³-hybridized carbons (Fsp3) is 0.769. The average molecular weight is 285 g/mol. The Kier molecular flexibility index (Phi) is 5.50. The lowest BCUT2D eigenvalue weighted by Crippen LogP contribution is -2.44. The summed E-state index contributed by atoms with van der Waals surface area (Å²) in [5.74, 6) is -1.66. The Bertz CT molecular complexity index is 391. The number of amides is 3. The number of carbonyl (C=O) groups excluding carboxylic acids is 2. The van der Waals surface area contributed by atoms with Crippen molar-refractivity contribution < 1.29 is 19.5 Å². The molecular weight excluding hydrogens is 262 g/mol. The van der Waals surface area contributed by atoms with Crippen molar-refractivity contribution in [2.75, 3.05) is 20.1 Å². The molecule has 0 spiro atoms. The lowest BCUT2D eigenvalue weighted by Gasteiger charge is -2.18. The molecule has 0 bridgehead atoms. The van der Waals surface area contributed by atoms with Crippen LogP contribution in [-0.4, -0.2) is 54.1 Å². The summed E-state index contributed by atoms with van der Waals surface area (Å²) < 4.78 is 0. The predicted octanol–water partition coefficient (Wildman–Crippen LogP) is 0.407. The van der Waals surface area contributed by atoms with Crippen LogP contribution in [0.5, 0.6) is 0 Å². The van der Waals surface area contributed by atoms with Gasteiger partial charge in [0.15, 0.2) is 0 Å². The number of nitrogens with one attached hydrogen (secondary N) is 2. The van der Waals surface area contributed by atoms with Crippen molar-refractivity contribution in [1.82, 2.24) is 15.5 Å². The van der Waals surface area contributed by atoms with E-state index < -0.39 is 23.3 Å². The molecule has 7 nitrogen and oxygen atoms in total. The third-order valence-electron chi connectivity index (χ3n) is 3.35. The maximum atomic E-state index is 11.5. The Morgan fingerprint density at radius 1 is 1.30 bits per heavy atom. The van der Waals surface area contributed by atoms with Gasteiger partial charge in [0, 0.05) is 25.6 Å². The number of hydrogen-bond acceptors (Lipinski definition) is 4. The summed E-state index contributed by atoms with van der Waals surface area (Å²) in [5, 5.41) is 13.6. The van der Waals surface area contributed by atoms with Crippen molar-refractivity contribution in [1.29, 1.82) is 0 Å². The normalized spacial score (nSPS) is 15.0. The fourth-order valence-corrected chi connectivity index (χ4v) is 1.74. The summed E-state index contributed by atoms with van der Waals surface area (Å²) in [6, 6.07) is 0.0400. The monoisotopic (exact) mass is 285 g/mol. The van der Waals surface area contributed by atoms with E-state index in [4.69, 9.17) is 5.11 Å². The highest BCUT2D eigenvalue weighted by molar-refractivity contribution is 5.96. The van der Waals surface area contributed by atoms with Gasteiger partial charge < -0.3 is 15.3 Å². The molecule has 1 aliphatic carbocycles. The minimum absolute atomic E-state index is 0.238. The summed E-state index contributed by atoms with van der Waals surface area (Å²) >= 11 is 0. The van der Waals surface area contributed by atoms with Crippen molar-refractivity contribution in [3.63, 3.8) is 0 Å². The van der Waals surface area contributed by atoms with Gasteiger partial charge in [0.2, 0.25) is 5.91 Å². The number of carboxylic acids is 1. The van der Waals surface area contributed by atoms with Gasteiger partial charge in [0.25, 0.3) is 0 Å². The molecule has 3 N–H and O–H groups in total. The van der Waals surface area contributed by atoms with E-state index in [0.717, 1.165) is 6.54 Å². The first-order valence-electron chi connectivity index (χ1n) is 6.73. The van der Waals surface area contributed by atoms with E-state index in [-0.39, 0.29) is 6.42 Å². The number of imide groups is 1. The van der Waals surface area contributed by atoms with Crippen molar-refractivity contribution >= 4 is 17.9 Å². The minimum Gasteiger partial charge on any atom is -0.481 e. The van der Waals surface area contributed by atoms with Gasteiger partial charge >= 0.3 is 12.0 Å². The third kappa shape index (κ3) is 5.56. The zero-order valence-corrected chi connectivity index (χ0v) is 12.2. The van der Waals surface area contributed by atoms with Crippen LogP contribution in [0.25, 0.3) is 0 Å². The summed E-state index contributed by atoms with van der Waals surface area (Å²) in [6.07, 6.45) is 2.16. The van der Waals surface area contributed by atoms with Gasteiger partial charge in [0.05, 0.1) is 5.41 Å². The summed E-state index contributed by atoms with van der Waals surface area (Å²) in [7, 11) is 2.00. The Morgan fingerprint density at radius 2 is 1.90 bits per heavy atom. The number of urea groups is 1. The van der Waals surface area contributed by atoms with Crippen LogP contribution in [0, 0.1) is 5.41 Å². The number of carboxylic acid groups (broad SMARTS) is 1. The molecule has 1 saturated carbocycles. The highest BCUT2D eigenvalue weighted by Gasteiger charge is 2.30. The van der Waals surface area contributed by atoms with Crippen LogP contribution >= 0.6 is 0 Å². The molecule has 1 aliphatic rings. The highest BCUT2D eigenvalue weighted by Crippen LogP contribution is 2.24. The van der Waals surface area contributed by atoms with Crippen LogP contribution in [0.2, 0.25) is 0 Å². The summed E-state index contributed by atoms with van der Waals surface area (Å²) in [5.41, 5.74) is -1.18. The molecule has 0 atom stereocenters. The van der Waals surface area contributed by atoms with Crippen molar-refractivity contribution in [3.05, 3.63) is 0 Å². The Morgan fingerprint density at radius 3 is 2.40 bits per heavy atom. The SMILES string of the molecule is CN(CCNC(=O)NC(=O)CC(C)(C)C(=O)O)C1CC1. The molecule has 3 amide bonds. The van der Waals surface area contributed by atoms with Crippen LogP contribution in [0.15, 0.2) is 0 Å². The standard InChI is InChI=1S/C13H23N3O4/c1-13(2,11(18)19)8-10(17)15-12(20)14-6-7-16(3)9-4-5-9/h9H,4-8H2,1-3H3,(H,18,19)(H2,14,15,17,20). The van der Waals surface area contributed by atoms with Crippen LogP contribution < -0.4 is 10.6 Å². The summed E-state index contributed by atoms with van der Waals surface area (Å²) in [4.78, 5) is 36.0. The van der Waals surface area contributed by atoms with Gasteiger partial charge in [-0.1, -0.05) is 0 Å². The first kappa shape index (κ1) is 16.4. The maximum absolute atomic E-state index is 11.5. The molecule has 0 heterocycles. The lowest BCUT2D eigenvalue weighted by molar-refractivity contribution is -0.149. The van der Waals surface area contributed by atoms with Crippen LogP contribution in [-0.2, 0) is 9.59 Å². The van der Waals surface area contributed by atoms with Gasteiger partial charge in [-0.3, -0.25) is 14.9 Å². The van der Waals surface area contributed by atoms with Crippen LogP contribution in [0.1, 0.15) is 33.1 Å². The second-order valence-corrected chi connectivity index (χ2v) is 5.88. The zero-order chi connectivity index (χ0) is 15.3. The molecule has 0 aromatic carbocycles. The fourth-order valence-electron chi connectivity index (χ4n) is 1.74. The molecule has 1 fully saturated rings. The number of likely N-dealkylation sites (N-methyl/N-ethyl adjacent to an activating group) is 1. The molecule has 7 heteroatoms. The molecule has 0 unspecified atom stereocenters. The van der Waals surface area contributed by atoms with E-state index in [1.807, 2.05) is 7.05 Å². The molecule has 0 saturated heterocycles. The third-order valence-corrected chi connectivity index (χ3v) is 3.35. The molecule has 0 aromatic heterocycles. The second kappa shape index (κ2) is 6.69. The van der Waals surface area contributed by atoms with Crippen LogP contribution in [0.3, 0.4) is 0 Å². The first-order valence-corrected chi connectivity index (χ1v) is 6.73. The quantitative estimate of drug-likeness (QED) is 0.629. The molecule has 1 rings (SSSR count). The Balaban J connectivity index is 2.20. The Hall–Kier alpha value is -1.63. The van der Waals surface area contributed by atoms with Gasteiger partial charge in [0.1, 0.15) is 0 Å². The average Bonchev–Trinajstić information content (AvgIpc) is 3.10. The number of hydrogen-bond donors (Lipinski definition) is 3. The number of nitrogens with zero attached hydrogens (tertiary/aromatic N) is 1. The van der Waals surface area contributed by atoms with Gasteiger partial charge in [-0.2, -0.15) is 0 Å². The first-order chi connectivity index (χ1) is 9.22. The highest BCUT2D eigenvalue weighted by atomic mass is 16.4. The van der Waals surface area contributed by atoms with Crippen LogP contribution in [0.4, 0.5) is 4.79 Å². The largest absolute Gasteiger partial charge is 0.481 e. The second-order valence-electron chi connectivity index (χ2n) is 5.88. The van der Waals surface area contributed by atoms with E-state index in [2.05, 4.69) is 15.5 Å². The molecule has 0 aliphatic heterocycles. The zero-order valence-electron chi connectivity index (χ0n) is 12.2. The van der Waals surface area contributed by atoms with Crippen molar-refractivity contribution in [2.45, 2.75) is 39.2 Å². The smallest absolute Gasteiger partial charge is 0.321 e. The lowest BCUT2D eigenvalue weighted by atomic mass is 9.89. The number of carbonyl (C=O) groups is 3. The van der Waals surface area contributed by atoms with Gasteiger partial charge in [-0.25, -0.2) is 4.79 Å². The molecule has 20 heavy (non-hydrogen) atoms. The predicted molar refractivity (Wildman–Crippen MR) is 73.2 cm³/mol. The van der Waals surface area contributed by atoms with E-state index in [0.29, 0.717) is 12.6 Å². The molecule has 0 radical (unpaired) electrons. The van der Waals surface area contributed by atoms with Gasteiger partial charge in [-0.05, 0) is 33.7 Å². The van der Waals surface area contributed by atoms with E-state index in [1.165, 1.54) is 26.7 Å². The Labute approximate surface area is 118 Å². The molecular formula is C13H23N3O4. The number of aliphatic carboxylic acids is 1. The van der Waals surface area contributed by atoms with Crippen molar-refractivity contribution in [3.8, 4) is 0 Å². The molecule has 0 aromatic rings. The van der Waals surface area contributed by atoms with Crippen molar-refractivity contribution in [2.24, 2.45) is 5.41 Å². The topological polar surface area (TPSA) is 98.7 Å². The van der Waals surface area contributed by atoms with Gasteiger partial charge in [-0.15, -0.1) is 0 Å². The number of rotatable bonds is 7. The minimum atomic E-state index is -1.18. The van der Waals surface area contributed by atoms with E-state index in [9.17, 15) is 14.4 Å². The van der Waals surface area contributed by atoms with E-state index >= 15 is 0 Å². The maximum Gasteiger partial charge on any atom is 0.321 e. The molecule has 114 valence electrons. The summed E-state index contributed by atoms with van der Waals surface area (Å²) in [6.45, 7) is 4.07. The van der Waals surface area contributed by atoms with E-state index in [1.54, 1.807) is 0 Å².